The number of nitrogens with zero attached hydrogens (tertiary/aromatic N) is 2. The summed E-state index contributed by atoms with van der Waals surface area (Å²) in [6.07, 6.45) is 1.40. The van der Waals surface area contributed by atoms with E-state index in [2.05, 4.69) is 37.2 Å². The molecule has 0 aromatic heterocycles. The number of hydrogen-bond donors (Lipinski definition) is 0. The van der Waals surface area contributed by atoms with Crippen molar-refractivity contribution in [1.82, 2.24) is 4.90 Å². The highest BCUT2D eigenvalue weighted by atomic mass is 16.5. The third kappa shape index (κ3) is 3.56. The summed E-state index contributed by atoms with van der Waals surface area (Å²) in [7, 11) is 5.75. The minimum absolute atomic E-state index is 0.402. The predicted octanol–water partition coefficient (Wildman–Crippen LogP) is 1.87. The minimum atomic E-state index is 0.402. The molecule has 0 radical (unpaired) electrons. The summed E-state index contributed by atoms with van der Waals surface area (Å²) in [4.78, 5) is 2.15. The van der Waals surface area contributed by atoms with Crippen molar-refractivity contribution < 1.29 is 4.74 Å². The summed E-state index contributed by atoms with van der Waals surface area (Å²) >= 11 is 0. The van der Waals surface area contributed by atoms with E-state index >= 15 is 0 Å². The Morgan fingerprint density at radius 2 is 2.12 bits per heavy atom. The lowest BCUT2D eigenvalue weighted by Gasteiger charge is -2.11. The van der Waals surface area contributed by atoms with Crippen LogP contribution in [0.2, 0.25) is 0 Å². The van der Waals surface area contributed by atoms with Gasteiger partial charge in [0.2, 0.25) is 0 Å². The zero-order valence-corrected chi connectivity index (χ0v) is 10.2. The molecule has 0 bridgehead atoms. The second-order valence-electron chi connectivity index (χ2n) is 4.03. The van der Waals surface area contributed by atoms with Crippen molar-refractivity contribution in [3.63, 3.8) is 0 Å². The summed E-state index contributed by atoms with van der Waals surface area (Å²) in [6, 6.07) is 8.22. The van der Waals surface area contributed by atoms with Gasteiger partial charge < -0.3 is 9.64 Å². The van der Waals surface area contributed by atoms with Crippen LogP contribution in [0.3, 0.4) is 0 Å². The van der Waals surface area contributed by atoms with Crippen LogP contribution >= 0.6 is 0 Å². The van der Waals surface area contributed by atoms with Crippen LogP contribution in [0.5, 0.6) is 5.75 Å². The van der Waals surface area contributed by atoms with Crippen LogP contribution in [0.15, 0.2) is 18.2 Å². The zero-order chi connectivity index (χ0) is 12.0. The van der Waals surface area contributed by atoms with E-state index in [9.17, 15) is 0 Å². The van der Waals surface area contributed by atoms with E-state index in [0.717, 1.165) is 24.3 Å². The molecule has 0 aliphatic carbocycles. The molecular formula is C13H18N2O. The highest BCUT2D eigenvalue weighted by Crippen LogP contribution is 2.20. The largest absolute Gasteiger partial charge is 0.496 e. The molecule has 0 aliphatic heterocycles. The fourth-order valence-corrected chi connectivity index (χ4v) is 1.56. The zero-order valence-electron chi connectivity index (χ0n) is 10.2. The molecule has 1 aromatic rings. The lowest BCUT2D eigenvalue weighted by molar-refractivity contribution is 0.408. The van der Waals surface area contributed by atoms with Crippen LogP contribution in [-0.2, 0) is 12.8 Å². The van der Waals surface area contributed by atoms with Gasteiger partial charge in [-0.3, -0.25) is 0 Å². The summed E-state index contributed by atoms with van der Waals surface area (Å²) in [5, 5.41) is 8.73. The van der Waals surface area contributed by atoms with Crippen molar-refractivity contribution >= 4 is 0 Å². The van der Waals surface area contributed by atoms with E-state index in [4.69, 9.17) is 10.00 Å². The minimum Gasteiger partial charge on any atom is -0.496 e. The van der Waals surface area contributed by atoms with Gasteiger partial charge in [-0.2, -0.15) is 5.26 Å². The number of likely N-dealkylation sites (N-methyl/N-ethyl adjacent to an activating group) is 1. The highest BCUT2D eigenvalue weighted by molar-refractivity contribution is 5.39. The molecule has 0 aliphatic rings. The van der Waals surface area contributed by atoms with Gasteiger partial charge in [-0.05, 0) is 32.1 Å². The van der Waals surface area contributed by atoms with Gasteiger partial charge in [0.25, 0.3) is 0 Å². The molecule has 0 saturated heterocycles. The first-order chi connectivity index (χ1) is 7.67. The van der Waals surface area contributed by atoms with Crippen molar-refractivity contribution in [1.29, 1.82) is 5.26 Å². The predicted molar refractivity (Wildman–Crippen MR) is 64.6 cm³/mol. The number of benzene rings is 1. The Bertz CT molecular complexity index is 380. The second-order valence-corrected chi connectivity index (χ2v) is 4.03. The molecule has 3 nitrogen and oxygen atoms in total. The topological polar surface area (TPSA) is 36.3 Å². The summed E-state index contributed by atoms with van der Waals surface area (Å²) < 4.78 is 5.22. The Morgan fingerprint density at radius 3 is 2.69 bits per heavy atom. The first kappa shape index (κ1) is 12.5. The van der Waals surface area contributed by atoms with Gasteiger partial charge in [-0.25, -0.2) is 0 Å². The smallest absolute Gasteiger partial charge is 0.123 e. The van der Waals surface area contributed by atoms with Gasteiger partial charge in [0.1, 0.15) is 5.75 Å². The Hall–Kier alpha value is -1.53. The SMILES string of the molecule is COc1ccc(CCN(C)C)cc1CC#N. The van der Waals surface area contributed by atoms with Crippen LogP contribution in [-0.4, -0.2) is 32.6 Å². The van der Waals surface area contributed by atoms with Crippen molar-refractivity contribution in [2.75, 3.05) is 27.7 Å². The van der Waals surface area contributed by atoms with Crippen molar-refractivity contribution in [2.24, 2.45) is 0 Å². The van der Waals surface area contributed by atoms with Crippen LogP contribution in [0.4, 0.5) is 0 Å². The fraction of sp³-hybridized carbons (Fsp3) is 0.462. The van der Waals surface area contributed by atoms with E-state index in [1.165, 1.54) is 5.56 Å². The molecule has 0 heterocycles. The van der Waals surface area contributed by atoms with Gasteiger partial charge in [-0.1, -0.05) is 12.1 Å². The number of ether oxygens (including phenoxy) is 1. The van der Waals surface area contributed by atoms with E-state index in [1.807, 2.05) is 6.07 Å². The lowest BCUT2D eigenvalue weighted by atomic mass is 10.0. The molecule has 1 rings (SSSR count). The molecule has 86 valence electrons. The van der Waals surface area contributed by atoms with Crippen LogP contribution in [0.25, 0.3) is 0 Å². The molecule has 0 fully saturated rings. The molecule has 0 unspecified atom stereocenters. The van der Waals surface area contributed by atoms with Crippen LogP contribution in [0, 0.1) is 11.3 Å². The lowest BCUT2D eigenvalue weighted by Crippen LogP contribution is -2.15. The Balaban J connectivity index is 2.81. The van der Waals surface area contributed by atoms with Gasteiger partial charge in [0.05, 0.1) is 19.6 Å². The molecule has 0 saturated carbocycles. The molecule has 0 N–H and O–H groups in total. The molecule has 0 amide bonds. The maximum absolute atomic E-state index is 8.73. The molecular weight excluding hydrogens is 200 g/mol. The molecule has 0 spiro atoms. The summed E-state index contributed by atoms with van der Waals surface area (Å²) in [6.45, 7) is 1.01. The Labute approximate surface area is 97.3 Å². The summed E-state index contributed by atoms with van der Waals surface area (Å²) in [5.74, 6) is 0.801. The average Bonchev–Trinajstić information content (AvgIpc) is 2.27. The second kappa shape index (κ2) is 6.14. The number of nitriles is 1. The normalized spacial score (nSPS) is 10.2. The first-order valence-electron chi connectivity index (χ1n) is 5.35. The van der Waals surface area contributed by atoms with Crippen molar-refractivity contribution in [3.8, 4) is 11.8 Å². The molecule has 3 heteroatoms. The average molecular weight is 218 g/mol. The summed E-state index contributed by atoms with van der Waals surface area (Å²) in [5.41, 5.74) is 2.22. The van der Waals surface area contributed by atoms with Gasteiger partial charge in [0, 0.05) is 12.1 Å². The van der Waals surface area contributed by atoms with Crippen LogP contribution in [0.1, 0.15) is 11.1 Å². The maximum atomic E-state index is 8.73. The molecule has 1 aromatic carbocycles. The van der Waals surface area contributed by atoms with Crippen molar-refractivity contribution in [2.45, 2.75) is 12.8 Å². The van der Waals surface area contributed by atoms with E-state index in [1.54, 1.807) is 7.11 Å². The number of rotatable bonds is 5. The van der Waals surface area contributed by atoms with E-state index in [0.29, 0.717) is 6.42 Å². The van der Waals surface area contributed by atoms with Crippen LogP contribution < -0.4 is 4.74 Å². The van der Waals surface area contributed by atoms with Crippen molar-refractivity contribution in [3.05, 3.63) is 29.3 Å². The van der Waals surface area contributed by atoms with E-state index in [-0.39, 0.29) is 0 Å². The molecule has 16 heavy (non-hydrogen) atoms. The fourth-order valence-electron chi connectivity index (χ4n) is 1.56. The van der Waals surface area contributed by atoms with E-state index < -0.39 is 0 Å². The third-order valence-electron chi connectivity index (χ3n) is 2.46. The number of methoxy groups -OCH3 is 1. The van der Waals surface area contributed by atoms with Gasteiger partial charge >= 0.3 is 0 Å². The maximum Gasteiger partial charge on any atom is 0.123 e. The highest BCUT2D eigenvalue weighted by Gasteiger charge is 2.04. The standard InChI is InChI=1S/C13H18N2O/c1-15(2)9-7-11-4-5-13(16-3)12(10-11)6-8-14/h4-5,10H,6-7,9H2,1-3H3. The monoisotopic (exact) mass is 218 g/mol. The quantitative estimate of drug-likeness (QED) is 0.757. The Morgan fingerprint density at radius 1 is 1.38 bits per heavy atom. The molecule has 0 atom stereocenters. The third-order valence-corrected chi connectivity index (χ3v) is 2.46. The van der Waals surface area contributed by atoms with Gasteiger partial charge in [-0.15, -0.1) is 0 Å². The Kier molecular flexibility index (Phi) is 4.81. The first-order valence-corrected chi connectivity index (χ1v) is 5.35. The van der Waals surface area contributed by atoms with Gasteiger partial charge in [0.15, 0.2) is 0 Å². The number of hydrogen-bond acceptors (Lipinski definition) is 3.